The Labute approximate surface area is 181 Å². The first-order valence-corrected chi connectivity index (χ1v) is 11.3. The molecular formula is C24H25N3O2S. The lowest BCUT2D eigenvalue weighted by Crippen LogP contribution is -2.35. The van der Waals surface area contributed by atoms with Gasteiger partial charge in [0.1, 0.15) is 17.5 Å². The monoisotopic (exact) mass is 419 g/mol. The number of hydrogen-bond donors (Lipinski definition) is 0. The smallest absolute Gasteiger partial charge is 0.160 e. The molecule has 1 aromatic heterocycles. The fraction of sp³-hybridized carbons (Fsp3) is 0.333. The molecule has 1 saturated heterocycles. The van der Waals surface area contributed by atoms with Gasteiger partial charge in [-0.15, -0.1) is 0 Å². The van der Waals surface area contributed by atoms with E-state index in [4.69, 9.17) is 14.5 Å². The summed E-state index contributed by atoms with van der Waals surface area (Å²) >= 11 is 1.85. The number of hydrogen-bond acceptors (Lipinski definition) is 6. The molecule has 3 aromatic rings. The number of rotatable bonds is 5. The van der Waals surface area contributed by atoms with Gasteiger partial charge in [-0.25, -0.2) is 0 Å². The van der Waals surface area contributed by atoms with E-state index in [9.17, 15) is 0 Å². The van der Waals surface area contributed by atoms with Crippen LogP contribution >= 0.6 is 11.8 Å². The van der Waals surface area contributed by atoms with E-state index in [0.29, 0.717) is 6.04 Å². The molecule has 5 rings (SSSR count). The summed E-state index contributed by atoms with van der Waals surface area (Å²) in [7, 11) is 3.45. The molecule has 2 aliphatic rings. The molecule has 3 atom stereocenters. The van der Waals surface area contributed by atoms with Crippen LogP contribution < -0.4 is 9.47 Å². The van der Waals surface area contributed by atoms with Crippen LogP contribution in [0.1, 0.15) is 36.7 Å². The zero-order valence-corrected chi connectivity index (χ0v) is 18.2. The standard InChI is InChI=1S/C24H25N3O2S/c1-4-16-14-30-24-26-22(19-7-5-6-12-25-19)23(27(16)24)21-18-13-17(28-2)10-8-15(18)9-11-20(21)29-3/h5-13,16,22-23H,4,14H2,1-3H3. The minimum absolute atomic E-state index is 0.0283. The molecule has 154 valence electrons. The number of benzene rings is 2. The number of nitrogens with zero attached hydrogens (tertiary/aromatic N) is 3. The Morgan fingerprint density at radius 1 is 1.10 bits per heavy atom. The van der Waals surface area contributed by atoms with E-state index in [1.807, 2.05) is 36.2 Å². The number of amidine groups is 1. The van der Waals surface area contributed by atoms with Gasteiger partial charge in [-0.1, -0.05) is 36.9 Å². The Morgan fingerprint density at radius 3 is 2.70 bits per heavy atom. The number of thioether (sulfide) groups is 1. The number of aliphatic imine (C=N–C) groups is 1. The molecular weight excluding hydrogens is 394 g/mol. The SMILES string of the molecule is CCC1CSC2=NC(c3ccccn3)C(c3c(OC)ccc4ccc(OC)cc34)N21. The molecule has 2 aliphatic heterocycles. The molecule has 0 N–H and O–H groups in total. The number of aromatic nitrogens is 1. The summed E-state index contributed by atoms with van der Waals surface area (Å²) in [6.07, 6.45) is 2.93. The Hall–Kier alpha value is -2.73. The molecule has 0 aliphatic carbocycles. The van der Waals surface area contributed by atoms with Gasteiger partial charge in [0.25, 0.3) is 0 Å². The van der Waals surface area contributed by atoms with Crippen LogP contribution in [0.2, 0.25) is 0 Å². The molecule has 5 nitrogen and oxygen atoms in total. The zero-order valence-electron chi connectivity index (χ0n) is 17.4. The van der Waals surface area contributed by atoms with Crippen molar-refractivity contribution < 1.29 is 9.47 Å². The van der Waals surface area contributed by atoms with Crippen LogP contribution in [-0.2, 0) is 0 Å². The number of ether oxygens (including phenoxy) is 2. The van der Waals surface area contributed by atoms with E-state index in [0.717, 1.165) is 45.5 Å². The summed E-state index contributed by atoms with van der Waals surface area (Å²) in [5.74, 6) is 2.79. The lowest BCUT2D eigenvalue weighted by molar-refractivity contribution is 0.250. The summed E-state index contributed by atoms with van der Waals surface area (Å²) in [6, 6.07) is 16.9. The highest BCUT2D eigenvalue weighted by molar-refractivity contribution is 8.14. The van der Waals surface area contributed by atoms with E-state index in [-0.39, 0.29) is 12.1 Å². The van der Waals surface area contributed by atoms with Gasteiger partial charge in [-0.3, -0.25) is 9.98 Å². The highest BCUT2D eigenvalue weighted by Crippen LogP contribution is 2.52. The second-order valence-corrected chi connectivity index (χ2v) is 8.59. The highest BCUT2D eigenvalue weighted by atomic mass is 32.2. The van der Waals surface area contributed by atoms with Gasteiger partial charge < -0.3 is 14.4 Å². The van der Waals surface area contributed by atoms with Crippen LogP contribution in [0.4, 0.5) is 0 Å². The predicted octanol–water partition coefficient (Wildman–Crippen LogP) is 5.23. The molecule has 0 saturated carbocycles. The molecule has 0 bridgehead atoms. The minimum Gasteiger partial charge on any atom is -0.497 e. The summed E-state index contributed by atoms with van der Waals surface area (Å²) in [6.45, 7) is 2.25. The first kappa shape index (κ1) is 19.2. The number of fused-ring (bicyclic) bond motifs is 2. The second-order valence-electron chi connectivity index (χ2n) is 7.60. The Morgan fingerprint density at radius 2 is 1.97 bits per heavy atom. The maximum absolute atomic E-state index is 5.90. The van der Waals surface area contributed by atoms with Crippen molar-refractivity contribution in [2.24, 2.45) is 4.99 Å². The third-order valence-electron chi connectivity index (χ3n) is 6.08. The third kappa shape index (κ3) is 3.01. The molecule has 1 fully saturated rings. The molecule has 0 radical (unpaired) electrons. The predicted molar refractivity (Wildman–Crippen MR) is 123 cm³/mol. The van der Waals surface area contributed by atoms with Gasteiger partial charge in [-0.2, -0.15) is 0 Å². The van der Waals surface area contributed by atoms with Crippen molar-refractivity contribution in [2.45, 2.75) is 31.5 Å². The Kier molecular flexibility index (Phi) is 5.03. The molecule has 3 heterocycles. The maximum Gasteiger partial charge on any atom is 0.160 e. The average Bonchev–Trinajstić information content (AvgIpc) is 3.37. The Balaban J connectivity index is 1.76. The average molecular weight is 420 g/mol. The maximum atomic E-state index is 5.90. The van der Waals surface area contributed by atoms with E-state index in [1.165, 1.54) is 5.39 Å². The van der Waals surface area contributed by atoms with Crippen LogP contribution in [0.5, 0.6) is 11.5 Å². The van der Waals surface area contributed by atoms with Crippen LogP contribution in [0.3, 0.4) is 0 Å². The van der Waals surface area contributed by atoms with Gasteiger partial charge in [0.05, 0.1) is 26.0 Å². The van der Waals surface area contributed by atoms with Crippen LogP contribution in [-0.4, -0.2) is 41.1 Å². The van der Waals surface area contributed by atoms with Gasteiger partial charge >= 0.3 is 0 Å². The van der Waals surface area contributed by atoms with E-state index >= 15 is 0 Å². The van der Waals surface area contributed by atoms with Crippen molar-refractivity contribution in [3.05, 3.63) is 66.0 Å². The van der Waals surface area contributed by atoms with Gasteiger partial charge in [0.2, 0.25) is 0 Å². The quantitative estimate of drug-likeness (QED) is 0.567. The zero-order chi connectivity index (χ0) is 20.7. The molecule has 3 unspecified atom stereocenters. The van der Waals surface area contributed by atoms with Crippen molar-refractivity contribution in [3.63, 3.8) is 0 Å². The van der Waals surface area contributed by atoms with Gasteiger partial charge in [0, 0.05) is 23.6 Å². The van der Waals surface area contributed by atoms with Crippen molar-refractivity contribution in [1.29, 1.82) is 0 Å². The van der Waals surface area contributed by atoms with Gasteiger partial charge in [0.15, 0.2) is 5.17 Å². The first-order chi connectivity index (χ1) is 14.7. The Bertz CT molecular complexity index is 1100. The summed E-state index contributed by atoms with van der Waals surface area (Å²) in [5, 5.41) is 3.42. The topological polar surface area (TPSA) is 47.0 Å². The summed E-state index contributed by atoms with van der Waals surface area (Å²) in [4.78, 5) is 12.3. The molecule has 2 aromatic carbocycles. The van der Waals surface area contributed by atoms with E-state index in [2.05, 4.69) is 47.1 Å². The van der Waals surface area contributed by atoms with E-state index < -0.39 is 0 Å². The third-order valence-corrected chi connectivity index (χ3v) is 7.20. The lowest BCUT2D eigenvalue weighted by Gasteiger charge is -2.33. The van der Waals surface area contributed by atoms with E-state index in [1.54, 1.807) is 14.2 Å². The lowest BCUT2D eigenvalue weighted by atomic mass is 9.90. The van der Waals surface area contributed by atoms with Crippen molar-refractivity contribution in [3.8, 4) is 11.5 Å². The number of methoxy groups -OCH3 is 2. The van der Waals surface area contributed by atoms with Crippen molar-refractivity contribution >= 4 is 27.7 Å². The van der Waals surface area contributed by atoms with Crippen molar-refractivity contribution in [2.75, 3.05) is 20.0 Å². The largest absolute Gasteiger partial charge is 0.497 e. The van der Waals surface area contributed by atoms with Gasteiger partial charge in [-0.05, 0) is 47.5 Å². The molecule has 30 heavy (non-hydrogen) atoms. The van der Waals surface area contributed by atoms with Crippen molar-refractivity contribution in [1.82, 2.24) is 9.88 Å². The van der Waals surface area contributed by atoms with Crippen LogP contribution in [0, 0.1) is 0 Å². The highest BCUT2D eigenvalue weighted by Gasteiger charge is 2.47. The minimum atomic E-state index is -0.0752. The fourth-order valence-corrected chi connectivity index (χ4v) is 5.91. The molecule has 6 heteroatoms. The second kappa shape index (κ2) is 7.84. The fourth-order valence-electron chi connectivity index (χ4n) is 4.58. The number of pyridine rings is 1. The van der Waals surface area contributed by atoms with Crippen LogP contribution in [0.15, 0.2) is 59.7 Å². The summed E-state index contributed by atoms with van der Waals surface area (Å²) in [5.41, 5.74) is 2.14. The van der Waals surface area contributed by atoms with Crippen LogP contribution in [0.25, 0.3) is 10.8 Å². The molecule has 0 amide bonds. The summed E-state index contributed by atoms with van der Waals surface area (Å²) < 4.78 is 11.4. The molecule has 0 spiro atoms. The normalized spacial score (nSPS) is 22.8. The first-order valence-electron chi connectivity index (χ1n) is 10.3.